The number of aliphatic hydroxyl groups is 1. The summed E-state index contributed by atoms with van der Waals surface area (Å²) >= 11 is 0. The minimum atomic E-state index is -1.21. The second kappa shape index (κ2) is 9.82. The minimum Gasteiger partial charge on any atom is -0.465 e. The lowest BCUT2D eigenvalue weighted by Gasteiger charge is -2.40. The van der Waals surface area contributed by atoms with Gasteiger partial charge in [-0.1, -0.05) is 24.3 Å². The lowest BCUT2D eigenvalue weighted by molar-refractivity contribution is -0.155. The first-order valence-corrected chi connectivity index (χ1v) is 12.6. The monoisotopic (exact) mass is 474 g/mol. The van der Waals surface area contributed by atoms with Crippen molar-refractivity contribution in [3.63, 3.8) is 0 Å². The van der Waals surface area contributed by atoms with Gasteiger partial charge in [0.2, 0.25) is 11.8 Å². The number of likely N-dealkylation sites (tertiary alicyclic amines) is 1. The van der Waals surface area contributed by atoms with Crippen molar-refractivity contribution in [1.82, 2.24) is 9.80 Å². The molecule has 5 atom stereocenters. The molecule has 1 unspecified atom stereocenters. The zero-order valence-corrected chi connectivity index (χ0v) is 20.6. The number of nitrogens with zero attached hydrogens (tertiary/aromatic N) is 2. The van der Waals surface area contributed by atoms with Gasteiger partial charge in [0.15, 0.2) is 0 Å². The van der Waals surface area contributed by atoms with Crippen molar-refractivity contribution < 1.29 is 29.0 Å². The van der Waals surface area contributed by atoms with Crippen molar-refractivity contribution in [1.29, 1.82) is 0 Å². The molecule has 8 heteroatoms. The van der Waals surface area contributed by atoms with Crippen molar-refractivity contribution in [3.8, 4) is 0 Å². The van der Waals surface area contributed by atoms with Gasteiger partial charge in [0.05, 0.1) is 18.6 Å². The van der Waals surface area contributed by atoms with Gasteiger partial charge in [0, 0.05) is 25.2 Å². The van der Waals surface area contributed by atoms with E-state index in [1.54, 1.807) is 9.80 Å². The van der Waals surface area contributed by atoms with E-state index >= 15 is 0 Å². The van der Waals surface area contributed by atoms with E-state index in [1.165, 1.54) is 0 Å². The van der Waals surface area contributed by atoms with Gasteiger partial charge in [0.25, 0.3) is 0 Å². The van der Waals surface area contributed by atoms with Crippen LogP contribution in [0.25, 0.3) is 0 Å². The Balaban J connectivity index is 1.76. The van der Waals surface area contributed by atoms with Gasteiger partial charge in [-0.2, -0.15) is 0 Å². The Hall–Kier alpha value is -2.19. The number of hydrogen-bond donors (Lipinski definition) is 1. The number of hydrogen-bond acceptors (Lipinski definition) is 6. The molecule has 34 heavy (non-hydrogen) atoms. The van der Waals surface area contributed by atoms with Gasteiger partial charge in [-0.3, -0.25) is 14.4 Å². The van der Waals surface area contributed by atoms with E-state index in [0.717, 1.165) is 25.7 Å². The van der Waals surface area contributed by atoms with Gasteiger partial charge in [-0.05, 0) is 59.3 Å². The van der Waals surface area contributed by atoms with Crippen LogP contribution < -0.4 is 0 Å². The SMILES string of the molecule is CC(C)(C)N1CC=C[C@]23O[C@@H]4/C=C\CCCCOC(=O)[C@@H]4[C@H]2C(=O)N(CCCCCO)C3C1=O. The smallest absolute Gasteiger partial charge is 0.312 e. The molecule has 2 saturated heterocycles. The third kappa shape index (κ3) is 4.31. The highest BCUT2D eigenvalue weighted by Crippen LogP contribution is 2.53. The molecule has 4 aliphatic rings. The van der Waals surface area contributed by atoms with Gasteiger partial charge >= 0.3 is 5.97 Å². The number of unbranched alkanes of at least 4 members (excludes halogenated alkanes) is 2. The maximum Gasteiger partial charge on any atom is 0.312 e. The summed E-state index contributed by atoms with van der Waals surface area (Å²) in [5.74, 6) is -2.40. The first-order chi connectivity index (χ1) is 16.2. The van der Waals surface area contributed by atoms with E-state index in [4.69, 9.17) is 14.6 Å². The Morgan fingerprint density at radius 2 is 1.88 bits per heavy atom. The maximum absolute atomic E-state index is 14.0. The summed E-state index contributed by atoms with van der Waals surface area (Å²) in [5.41, 5.74) is -1.65. The van der Waals surface area contributed by atoms with Crippen LogP contribution in [-0.4, -0.2) is 82.3 Å². The highest BCUT2D eigenvalue weighted by Gasteiger charge is 2.71. The molecular weight excluding hydrogens is 436 g/mol. The molecule has 0 aromatic rings. The van der Waals surface area contributed by atoms with E-state index in [1.807, 2.05) is 45.1 Å². The summed E-state index contributed by atoms with van der Waals surface area (Å²) in [4.78, 5) is 44.6. The Morgan fingerprint density at radius 3 is 2.62 bits per heavy atom. The summed E-state index contributed by atoms with van der Waals surface area (Å²) in [6, 6.07) is -0.837. The molecule has 1 N–H and O–H groups in total. The number of carbonyl (C=O) groups is 3. The van der Waals surface area contributed by atoms with Gasteiger partial charge in [-0.15, -0.1) is 0 Å². The molecule has 0 aromatic heterocycles. The predicted molar refractivity (Wildman–Crippen MR) is 126 cm³/mol. The molecule has 4 aliphatic heterocycles. The highest BCUT2D eigenvalue weighted by atomic mass is 16.6. The third-order valence-electron chi connectivity index (χ3n) is 7.47. The fraction of sp³-hybridized carbons (Fsp3) is 0.731. The molecule has 1 spiro atoms. The average molecular weight is 475 g/mol. The molecule has 8 nitrogen and oxygen atoms in total. The molecule has 0 radical (unpaired) electrons. The van der Waals surface area contributed by atoms with Gasteiger partial charge < -0.3 is 24.4 Å². The van der Waals surface area contributed by atoms with E-state index in [0.29, 0.717) is 32.5 Å². The summed E-state index contributed by atoms with van der Waals surface area (Å²) in [7, 11) is 0. The number of allylic oxidation sites excluding steroid dienone is 1. The number of fused-ring (bicyclic) bond motifs is 2. The molecule has 2 fully saturated rings. The lowest BCUT2D eigenvalue weighted by Crippen LogP contribution is -2.58. The molecule has 4 heterocycles. The first kappa shape index (κ1) is 24.9. The Bertz CT molecular complexity index is 862. The van der Waals surface area contributed by atoms with Gasteiger partial charge in [0.1, 0.15) is 17.6 Å². The van der Waals surface area contributed by atoms with Crippen LogP contribution >= 0.6 is 0 Å². The van der Waals surface area contributed by atoms with Crippen LogP contribution in [0.2, 0.25) is 0 Å². The van der Waals surface area contributed by atoms with Crippen LogP contribution in [0.1, 0.15) is 59.3 Å². The third-order valence-corrected chi connectivity index (χ3v) is 7.47. The minimum absolute atomic E-state index is 0.0917. The second-order valence-corrected chi connectivity index (χ2v) is 10.8. The normalized spacial score (nSPS) is 34.9. The van der Waals surface area contributed by atoms with Crippen molar-refractivity contribution in [2.45, 2.75) is 82.6 Å². The maximum atomic E-state index is 14.0. The van der Waals surface area contributed by atoms with E-state index in [9.17, 15) is 14.4 Å². The molecule has 0 bridgehead atoms. The van der Waals surface area contributed by atoms with Gasteiger partial charge in [-0.25, -0.2) is 0 Å². The number of carbonyl (C=O) groups excluding carboxylic acids is 3. The van der Waals surface area contributed by atoms with Crippen molar-refractivity contribution in [2.75, 3.05) is 26.3 Å². The number of rotatable bonds is 5. The summed E-state index contributed by atoms with van der Waals surface area (Å²) in [6.07, 6.45) is 11.6. The summed E-state index contributed by atoms with van der Waals surface area (Å²) in [6.45, 7) is 7.15. The summed E-state index contributed by atoms with van der Waals surface area (Å²) < 4.78 is 12.2. The molecule has 188 valence electrons. The van der Waals surface area contributed by atoms with Crippen LogP contribution in [0.3, 0.4) is 0 Å². The Morgan fingerprint density at radius 1 is 1.09 bits per heavy atom. The van der Waals surface area contributed by atoms with Crippen LogP contribution in [0.5, 0.6) is 0 Å². The molecule has 0 saturated carbocycles. The fourth-order valence-electron chi connectivity index (χ4n) is 5.83. The standard InChI is InChI=1S/C26H38N2O6/c1-25(2,3)28-15-11-13-26-20(19-18(34-26)12-7-4-5-10-17-33-24(19)32)22(30)27(21(26)23(28)31)14-8-6-9-16-29/h7,11-13,18-21,29H,4-6,8-10,14-17H2,1-3H3/b12-7-/t18-,19+,20+,21?,26+/m1/s1. The zero-order valence-electron chi connectivity index (χ0n) is 20.6. The van der Waals surface area contributed by atoms with Crippen LogP contribution in [-0.2, 0) is 23.9 Å². The van der Waals surface area contributed by atoms with E-state index in [-0.39, 0.29) is 18.4 Å². The summed E-state index contributed by atoms with van der Waals surface area (Å²) in [5, 5.41) is 9.15. The van der Waals surface area contributed by atoms with Crippen LogP contribution in [0, 0.1) is 11.8 Å². The highest BCUT2D eigenvalue weighted by molar-refractivity contribution is 5.99. The lowest BCUT2D eigenvalue weighted by atomic mass is 9.77. The average Bonchev–Trinajstić information content (AvgIpc) is 3.15. The largest absolute Gasteiger partial charge is 0.465 e. The Kier molecular flexibility index (Phi) is 7.20. The van der Waals surface area contributed by atoms with Crippen LogP contribution in [0.15, 0.2) is 24.3 Å². The Labute approximate surface area is 201 Å². The first-order valence-electron chi connectivity index (χ1n) is 12.6. The molecular formula is C26H38N2O6. The van der Waals surface area contributed by atoms with Crippen molar-refractivity contribution in [3.05, 3.63) is 24.3 Å². The molecule has 2 amide bonds. The second-order valence-electron chi connectivity index (χ2n) is 10.8. The molecule has 0 aromatic carbocycles. The zero-order chi connectivity index (χ0) is 24.5. The quantitative estimate of drug-likeness (QED) is 0.373. The molecule has 4 rings (SSSR count). The fourth-order valence-corrected chi connectivity index (χ4v) is 5.83. The predicted octanol–water partition coefficient (Wildman–Crippen LogP) is 2.21. The number of ether oxygens (including phenoxy) is 2. The van der Waals surface area contributed by atoms with Crippen molar-refractivity contribution >= 4 is 17.8 Å². The number of amides is 2. The van der Waals surface area contributed by atoms with Crippen LogP contribution in [0.4, 0.5) is 0 Å². The molecule has 0 aliphatic carbocycles. The number of cyclic esters (lactones) is 1. The topological polar surface area (TPSA) is 96.4 Å². The van der Waals surface area contributed by atoms with Crippen molar-refractivity contribution in [2.24, 2.45) is 11.8 Å². The number of esters is 1. The van der Waals surface area contributed by atoms with E-state index < -0.39 is 41.1 Å². The number of aliphatic hydroxyl groups excluding tert-OH is 1. The van der Waals surface area contributed by atoms with E-state index in [2.05, 4.69) is 0 Å².